The van der Waals surface area contributed by atoms with Crippen LogP contribution in [-0.2, 0) is 4.74 Å². The number of hydrogen-bond donors (Lipinski definition) is 0. The zero-order valence-corrected chi connectivity index (χ0v) is 9.29. The summed E-state index contributed by atoms with van der Waals surface area (Å²) in [7, 11) is 6.15. The van der Waals surface area contributed by atoms with Crippen LogP contribution in [-0.4, -0.2) is 62.8 Å². The number of hydrogen-bond acceptors (Lipinski definition) is 3. The van der Waals surface area contributed by atoms with E-state index in [9.17, 15) is 0 Å². The Morgan fingerprint density at radius 1 is 1.54 bits per heavy atom. The third-order valence-electron chi connectivity index (χ3n) is 3.14. The van der Waals surface area contributed by atoms with Gasteiger partial charge >= 0.3 is 0 Å². The minimum atomic E-state index is 0.718. The van der Waals surface area contributed by atoms with Crippen molar-refractivity contribution in [1.29, 1.82) is 0 Å². The van der Waals surface area contributed by atoms with Gasteiger partial charge in [0, 0.05) is 32.3 Å². The number of rotatable bonds is 4. The Balaban J connectivity index is 2.28. The van der Waals surface area contributed by atoms with Crippen LogP contribution in [0.5, 0.6) is 0 Å². The number of likely N-dealkylation sites (N-methyl/N-ethyl adjacent to an activating group) is 2. The molecular weight excluding hydrogens is 164 g/mol. The number of nitrogens with zero attached hydrogens (tertiary/aromatic N) is 2. The molecule has 0 aromatic carbocycles. The molecule has 1 saturated heterocycles. The minimum absolute atomic E-state index is 0.718. The zero-order valence-electron chi connectivity index (χ0n) is 9.29. The molecule has 0 radical (unpaired) electrons. The summed E-state index contributed by atoms with van der Waals surface area (Å²) in [5.41, 5.74) is 0. The van der Waals surface area contributed by atoms with Crippen LogP contribution in [0.3, 0.4) is 0 Å². The van der Waals surface area contributed by atoms with E-state index in [0.29, 0.717) is 0 Å². The van der Waals surface area contributed by atoms with Gasteiger partial charge in [0.2, 0.25) is 0 Å². The van der Waals surface area contributed by atoms with Crippen molar-refractivity contribution >= 4 is 0 Å². The Bertz CT molecular complexity index is 142. The van der Waals surface area contributed by atoms with Crippen molar-refractivity contribution < 1.29 is 4.74 Å². The molecule has 1 unspecified atom stereocenters. The molecule has 78 valence electrons. The maximum absolute atomic E-state index is 5.07. The Hall–Kier alpha value is -0.120. The van der Waals surface area contributed by atoms with Crippen molar-refractivity contribution in [3.05, 3.63) is 0 Å². The zero-order chi connectivity index (χ0) is 9.84. The van der Waals surface area contributed by atoms with E-state index >= 15 is 0 Å². The van der Waals surface area contributed by atoms with Crippen molar-refractivity contribution in [2.24, 2.45) is 0 Å². The first-order chi connectivity index (χ1) is 6.15. The molecule has 0 N–H and O–H groups in total. The van der Waals surface area contributed by atoms with Crippen molar-refractivity contribution in [2.75, 3.05) is 40.9 Å². The van der Waals surface area contributed by atoms with Crippen LogP contribution in [0.1, 0.15) is 13.3 Å². The molecule has 0 amide bonds. The van der Waals surface area contributed by atoms with Crippen LogP contribution in [0.15, 0.2) is 0 Å². The minimum Gasteiger partial charge on any atom is -0.383 e. The van der Waals surface area contributed by atoms with Crippen molar-refractivity contribution in [1.82, 2.24) is 9.80 Å². The predicted molar refractivity (Wildman–Crippen MR) is 55.0 cm³/mol. The van der Waals surface area contributed by atoms with Crippen LogP contribution in [0.4, 0.5) is 0 Å². The van der Waals surface area contributed by atoms with Gasteiger partial charge < -0.3 is 9.64 Å². The summed E-state index contributed by atoms with van der Waals surface area (Å²) in [6.45, 7) is 5.37. The van der Waals surface area contributed by atoms with Gasteiger partial charge in [0.05, 0.1) is 6.61 Å². The van der Waals surface area contributed by atoms with Gasteiger partial charge in [-0.2, -0.15) is 0 Å². The highest BCUT2D eigenvalue weighted by molar-refractivity contribution is 4.85. The Labute approximate surface area is 81.7 Å². The third kappa shape index (κ3) is 2.93. The van der Waals surface area contributed by atoms with E-state index in [-0.39, 0.29) is 0 Å². The molecule has 3 heteroatoms. The van der Waals surface area contributed by atoms with Crippen molar-refractivity contribution in [3.63, 3.8) is 0 Å². The Kier molecular flexibility index (Phi) is 4.16. The first kappa shape index (κ1) is 11.0. The molecule has 0 aromatic heterocycles. The summed E-state index contributed by atoms with van der Waals surface area (Å²) in [5, 5.41) is 0. The fraction of sp³-hybridized carbons (Fsp3) is 1.00. The molecule has 1 fully saturated rings. The fourth-order valence-electron chi connectivity index (χ4n) is 1.90. The molecule has 13 heavy (non-hydrogen) atoms. The molecule has 1 aliphatic rings. The number of likely N-dealkylation sites (tertiary alicyclic amines) is 1. The smallest absolute Gasteiger partial charge is 0.0589 e. The molecule has 2 atom stereocenters. The Morgan fingerprint density at radius 2 is 2.23 bits per heavy atom. The lowest BCUT2D eigenvalue weighted by atomic mass is 10.2. The molecule has 0 bridgehead atoms. The van der Waals surface area contributed by atoms with Gasteiger partial charge in [-0.1, -0.05) is 0 Å². The predicted octanol–water partition coefficient (Wildman–Crippen LogP) is 0.657. The summed E-state index contributed by atoms with van der Waals surface area (Å²) < 4.78 is 5.07. The lowest BCUT2D eigenvalue weighted by Crippen LogP contribution is -2.35. The second-order valence-electron chi connectivity index (χ2n) is 4.15. The summed E-state index contributed by atoms with van der Waals surface area (Å²) >= 11 is 0. The standard InChI is InChI=1S/C10H22N2O/c1-9-7-10(8-12(9)3)11(2)5-6-13-4/h9-10H,5-8H2,1-4H3/t9?,10-/m0/s1. The van der Waals surface area contributed by atoms with Gasteiger partial charge in [-0.25, -0.2) is 0 Å². The van der Waals surface area contributed by atoms with E-state index in [0.717, 1.165) is 25.2 Å². The van der Waals surface area contributed by atoms with Crippen molar-refractivity contribution in [2.45, 2.75) is 25.4 Å². The topological polar surface area (TPSA) is 15.7 Å². The number of methoxy groups -OCH3 is 1. The van der Waals surface area contributed by atoms with Gasteiger partial charge in [-0.3, -0.25) is 4.90 Å². The van der Waals surface area contributed by atoms with E-state index in [1.54, 1.807) is 7.11 Å². The van der Waals surface area contributed by atoms with E-state index < -0.39 is 0 Å². The second kappa shape index (κ2) is 4.94. The highest BCUT2D eigenvalue weighted by Gasteiger charge is 2.28. The summed E-state index contributed by atoms with van der Waals surface area (Å²) in [6.07, 6.45) is 1.29. The number of ether oxygens (including phenoxy) is 1. The van der Waals surface area contributed by atoms with Gasteiger partial charge in [0.15, 0.2) is 0 Å². The van der Waals surface area contributed by atoms with E-state index in [2.05, 4.69) is 30.8 Å². The van der Waals surface area contributed by atoms with E-state index in [1.165, 1.54) is 13.0 Å². The average molecular weight is 186 g/mol. The quantitative estimate of drug-likeness (QED) is 0.641. The van der Waals surface area contributed by atoms with Crippen LogP contribution >= 0.6 is 0 Å². The fourth-order valence-corrected chi connectivity index (χ4v) is 1.90. The van der Waals surface area contributed by atoms with Crippen LogP contribution < -0.4 is 0 Å². The molecular formula is C10H22N2O. The largest absolute Gasteiger partial charge is 0.383 e. The maximum Gasteiger partial charge on any atom is 0.0589 e. The van der Waals surface area contributed by atoms with E-state index in [4.69, 9.17) is 4.74 Å². The molecule has 0 aromatic rings. The molecule has 0 spiro atoms. The molecule has 0 aliphatic carbocycles. The lowest BCUT2D eigenvalue weighted by molar-refractivity contribution is 0.140. The van der Waals surface area contributed by atoms with Crippen LogP contribution in [0.2, 0.25) is 0 Å². The highest BCUT2D eigenvalue weighted by atomic mass is 16.5. The third-order valence-corrected chi connectivity index (χ3v) is 3.14. The average Bonchev–Trinajstić information content (AvgIpc) is 2.43. The Morgan fingerprint density at radius 3 is 2.69 bits per heavy atom. The molecule has 1 rings (SSSR count). The second-order valence-corrected chi connectivity index (χ2v) is 4.15. The van der Waals surface area contributed by atoms with Gasteiger partial charge in [-0.05, 0) is 27.4 Å². The summed E-state index contributed by atoms with van der Waals surface area (Å²) in [4.78, 5) is 4.83. The SMILES string of the molecule is COCCN(C)[C@H]1CC(C)N(C)C1. The highest BCUT2D eigenvalue weighted by Crippen LogP contribution is 2.18. The van der Waals surface area contributed by atoms with Gasteiger partial charge in [0.25, 0.3) is 0 Å². The van der Waals surface area contributed by atoms with Gasteiger partial charge in [0.1, 0.15) is 0 Å². The summed E-state index contributed by atoms with van der Waals surface area (Å²) in [5.74, 6) is 0. The molecule has 1 heterocycles. The van der Waals surface area contributed by atoms with E-state index in [1.807, 2.05) is 0 Å². The monoisotopic (exact) mass is 186 g/mol. The molecule has 3 nitrogen and oxygen atoms in total. The van der Waals surface area contributed by atoms with Crippen LogP contribution in [0, 0.1) is 0 Å². The summed E-state index contributed by atoms with van der Waals surface area (Å²) in [6, 6.07) is 1.45. The van der Waals surface area contributed by atoms with Crippen molar-refractivity contribution in [3.8, 4) is 0 Å². The lowest BCUT2D eigenvalue weighted by Gasteiger charge is -2.23. The van der Waals surface area contributed by atoms with Gasteiger partial charge in [-0.15, -0.1) is 0 Å². The molecule has 0 saturated carbocycles. The first-order valence-electron chi connectivity index (χ1n) is 5.04. The molecule has 1 aliphatic heterocycles. The van der Waals surface area contributed by atoms with Crippen LogP contribution in [0.25, 0.3) is 0 Å². The first-order valence-corrected chi connectivity index (χ1v) is 5.04. The maximum atomic E-state index is 5.07. The normalized spacial score (nSPS) is 30.2.